The number of ether oxygens (including phenoxy) is 2. The fourth-order valence-corrected chi connectivity index (χ4v) is 3.72. The minimum atomic E-state index is -0.0691. The van der Waals surface area contributed by atoms with Crippen molar-refractivity contribution in [1.82, 2.24) is 14.5 Å². The van der Waals surface area contributed by atoms with Crippen molar-refractivity contribution in [2.75, 3.05) is 26.3 Å². The van der Waals surface area contributed by atoms with Crippen LogP contribution in [0.3, 0.4) is 0 Å². The molecule has 1 aromatic carbocycles. The normalized spacial score (nSPS) is 14.6. The number of piperidine rings is 1. The summed E-state index contributed by atoms with van der Waals surface area (Å²) in [7, 11) is 0. The Morgan fingerprint density at radius 2 is 2.15 bits per heavy atom. The molecule has 0 saturated carbocycles. The van der Waals surface area contributed by atoms with Gasteiger partial charge in [-0.1, -0.05) is 0 Å². The van der Waals surface area contributed by atoms with Gasteiger partial charge in [0.05, 0.1) is 29.0 Å². The second-order valence-electron chi connectivity index (χ2n) is 6.24. The van der Waals surface area contributed by atoms with Crippen molar-refractivity contribution >= 4 is 21.8 Å². The quantitative estimate of drug-likeness (QED) is 0.699. The van der Waals surface area contributed by atoms with Crippen LogP contribution in [0.1, 0.15) is 31.4 Å². The van der Waals surface area contributed by atoms with Crippen LogP contribution in [0.25, 0.3) is 0 Å². The van der Waals surface area contributed by atoms with Crippen LogP contribution in [0.4, 0.5) is 0 Å². The minimum absolute atomic E-state index is 0.0576. The molecule has 0 radical (unpaired) electrons. The number of nitrogens with zero attached hydrogens (tertiary/aromatic N) is 4. The second-order valence-corrected chi connectivity index (χ2v) is 7.10. The molecule has 3 rings (SSSR count). The summed E-state index contributed by atoms with van der Waals surface area (Å²) >= 11 is 3.40. The first-order chi connectivity index (χ1) is 13.1. The van der Waals surface area contributed by atoms with E-state index in [1.165, 1.54) is 0 Å². The molecule has 0 spiro atoms. The maximum atomic E-state index is 12.5. The van der Waals surface area contributed by atoms with E-state index in [9.17, 15) is 4.79 Å². The van der Waals surface area contributed by atoms with Crippen molar-refractivity contribution in [3.05, 3.63) is 40.9 Å². The number of imidazole rings is 1. The largest absolute Gasteiger partial charge is 0.490 e. The van der Waals surface area contributed by atoms with E-state index < -0.39 is 0 Å². The molecule has 7 nitrogen and oxygen atoms in total. The van der Waals surface area contributed by atoms with Crippen molar-refractivity contribution in [2.24, 2.45) is 0 Å². The molecular weight excluding hydrogens is 412 g/mol. The van der Waals surface area contributed by atoms with Gasteiger partial charge in [-0.05, 0) is 41.8 Å². The van der Waals surface area contributed by atoms with E-state index in [2.05, 4.69) is 31.6 Å². The SMILES string of the molecule is CCOc1cc(C#N)cc(Br)c1OCC(=O)N1CCC(n2ccnc2)CC1. The van der Waals surface area contributed by atoms with Gasteiger partial charge in [0, 0.05) is 37.6 Å². The maximum absolute atomic E-state index is 12.5. The third-order valence-corrected chi connectivity index (χ3v) is 5.13. The molecule has 2 aromatic rings. The Kier molecular flexibility index (Phi) is 6.35. The third kappa shape index (κ3) is 4.61. The number of halogens is 1. The first-order valence-corrected chi connectivity index (χ1v) is 9.66. The Balaban J connectivity index is 1.59. The van der Waals surface area contributed by atoms with Gasteiger partial charge in [-0.3, -0.25) is 4.79 Å². The Morgan fingerprint density at radius 3 is 2.78 bits per heavy atom. The highest BCUT2D eigenvalue weighted by atomic mass is 79.9. The standard InChI is InChI=1S/C19H21BrN4O3/c1-2-26-17-10-14(11-21)9-16(20)19(17)27-12-18(25)23-6-3-15(4-7-23)24-8-5-22-13-24/h5,8-10,13,15H,2-4,6-7,12H2,1H3. The van der Waals surface area contributed by atoms with Gasteiger partial charge in [0.1, 0.15) is 0 Å². The van der Waals surface area contributed by atoms with Crippen molar-refractivity contribution in [2.45, 2.75) is 25.8 Å². The zero-order chi connectivity index (χ0) is 19.2. The lowest BCUT2D eigenvalue weighted by Gasteiger charge is -2.32. The Morgan fingerprint density at radius 1 is 1.37 bits per heavy atom. The fourth-order valence-electron chi connectivity index (χ4n) is 3.16. The zero-order valence-electron chi connectivity index (χ0n) is 15.1. The predicted molar refractivity (Wildman–Crippen MR) is 103 cm³/mol. The lowest BCUT2D eigenvalue weighted by atomic mass is 10.1. The summed E-state index contributed by atoms with van der Waals surface area (Å²) in [5, 5.41) is 9.09. The lowest BCUT2D eigenvalue weighted by molar-refractivity contribution is -0.134. The zero-order valence-corrected chi connectivity index (χ0v) is 16.7. The van der Waals surface area contributed by atoms with E-state index in [-0.39, 0.29) is 12.5 Å². The molecule has 0 bridgehead atoms. The molecule has 0 unspecified atom stereocenters. The Bertz CT molecular complexity index is 824. The predicted octanol–water partition coefficient (Wildman–Crippen LogP) is 3.16. The number of hydrogen-bond acceptors (Lipinski definition) is 5. The number of carbonyl (C=O) groups is 1. The summed E-state index contributed by atoms with van der Waals surface area (Å²) in [6.07, 6.45) is 7.35. The number of nitriles is 1. The molecule has 2 heterocycles. The van der Waals surface area contributed by atoms with E-state index in [0.29, 0.717) is 47.3 Å². The van der Waals surface area contributed by atoms with Crippen LogP contribution in [0, 0.1) is 11.3 Å². The summed E-state index contributed by atoms with van der Waals surface area (Å²) in [5.74, 6) is 0.838. The van der Waals surface area contributed by atoms with Gasteiger partial charge in [-0.25, -0.2) is 4.98 Å². The summed E-state index contributed by atoms with van der Waals surface area (Å²) in [4.78, 5) is 18.5. The van der Waals surface area contributed by atoms with Crippen LogP contribution in [0.2, 0.25) is 0 Å². The fraction of sp³-hybridized carbons (Fsp3) is 0.421. The first-order valence-electron chi connectivity index (χ1n) is 8.86. The van der Waals surface area contributed by atoms with Crippen molar-refractivity contribution in [3.63, 3.8) is 0 Å². The van der Waals surface area contributed by atoms with E-state index in [0.717, 1.165) is 12.8 Å². The molecular formula is C19H21BrN4O3. The number of hydrogen-bond donors (Lipinski definition) is 0. The lowest BCUT2D eigenvalue weighted by Crippen LogP contribution is -2.41. The van der Waals surface area contributed by atoms with Gasteiger partial charge in [0.2, 0.25) is 0 Å². The third-order valence-electron chi connectivity index (χ3n) is 4.54. The van der Waals surface area contributed by atoms with Crippen LogP contribution in [-0.2, 0) is 4.79 Å². The van der Waals surface area contributed by atoms with E-state index >= 15 is 0 Å². The average Bonchev–Trinajstić information content (AvgIpc) is 3.22. The smallest absolute Gasteiger partial charge is 0.260 e. The monoisotopic (exact) mass is 432 g/mol. The summed E-state index contributed by atoms with van der Waals surface area (Å²) in [6.45, 7) is 3.61. The molecule has 1 amide bonds. The molecule has 27 heavy (non-hydrogen) atoms. The van der Waals surface area contributed by atoms with Crippen LogP contribution >= 0.6 is 15.9 Å². The van der Waals surface area contributed by atoms with Crippen LogP contribution in [-0.4, -0.2) is 46.7 Å². The number of amides is 1. The summed E-state index contributed by atoms with van der Waals surface area (Å²) < 4.78 is 14.0. The minimum Gasteiger partial charge on any atom is -0.490 e. The van der Waals surface area contributed by atoms with Crippen molar-refractivity contribution < 1.29 is 14.3 Å². The average molecular weight is 433 g/mol. The van der Waals surface area contributed by atoms with Crippen LogP contribution < -0.4 is 9.47 Å². The van der Waals surface area contributed by atoms with Crippen LogP contribution in [0.5, 0.6) is 11.5 Å². The molecule has 1 fully saturated rings. The van der Waals surface area contributed by atoms with Crippen molar-refractivity contribution in [1.29, 1.82) is 5.26 Å². The van der Waals surface area contributed by atoms with E-state index in [4.69, 9.17) is 14.7 Å². The number of aromatic nitrogens is 2. The van der Waals surface area contributed by atoms with Crippen molar-refractivity contribution in [3.8, 4) is 17.6 Å². The molecule has 142 valence electrons. The molecule has 8 heteroatoms. The topological polar surface area (TPSA) is 80.4 Å². The number of likely N-dealkylation sites (tertiary alicyclic amines) is 1. The van der Waals surface area contributed by atoms with Gasteiger partial charge in [0.25, 0.3) is 5.91 Å². The molecule has 1 aromatic heterocycles. The van der Waals surface area contributed by atoms with Gasteiger partial charge in [-0.15, -0.1) is 0 Å². The van der Waals surface area contributed by atoms with Gasteiger partial charge in [-0.2, -0.15) is 5.26 Å². The summed E-state index contributed by atoms with van der Waals surface area (Å²) in [5.41, 5.74) is 0.463. The number of carbonyl (C=O) groups excluding carboxylic acids is 1. The van der Waals surface area contributed by atoms with E-state index in [1.807, 2.05) is 24.3 Å². The number of rotatable bonds is 6. The highest BCUT2D eigenvalue weighted by Gasteiger charge is 2.24. The highest BCUT2D eigenvalue weighted by molar-refractivity contribution is 9.10. The molecule has 1 aliphatic heterocycles. The molecule has 1 aliphatic rings. The Hall–Kier alpha value is -2.53. The molecule has 1 saturated heterocycles. The van der Waals surface area contributed by atoms with Gasteiger partial charge in [0.15, 0.2) is 18.1 Å². The highest BCUT2D eigenvalue weighted by Crippen LogP contribution is 2.37. The summed E-state index contributed by atoms with van der Waals surface area (Å²) in [6, 6.07) is 5.73. The Labute approximate surface area is 166 Å². The number of benzene rings is 1. The van der Waals surface area contributed by atoms with Crippen LogP contribution in [0.15, 0.2) is 35.3 Å². The first kappa shape index (κ1) is 19.2. The molecule has 0 N–H and O–H groups in total. The second kappa shape index (κ2) is 8.91. The van der Waals surface area contributed by atoms with E-state index in [1.54, 1.807) is 18.3 Å². The van der Waals surface area contributed by atoms with Gasteiger partial charge >= 0.3 is 0 Å². The molecule has 0 atom stereocenters. The van der Waals surface area contributed by atoms with Gasteiger partial charge < -0.3 is 18.9 Å². The maximum Gasteiger partial charge on any atom is 0.260 e. The molecule has 0 aliphatic carbocycles.